The molecule has 0 bridgehead atoms. The number of nitrogens with one attached hydrogen (secondary N) is 2. The van der Waals surface area contributed by atoms with Crippen LogP contribution in [-0.2, 0) is 0 Å². The van der Waals surface area contributed by atoms with E-state index in [4.69, 9.17) is 4.74 Å². The van der Waals surface area contributed by atoms with Crippen LogP contribution in [0.25, 0.3) is 0 Å². The van der Waals surface area contributed by atoms with Gasteiger partial charge in [0.1, 0.15) is 0 Å². The topological polar surface area (TPSA) is 72.0 Å². The number of aryl methyl sites for hydroxylation is 1. The van der Waals surface area contributed by atoms with Gasteiger partial charge in [0.25, 0.3) is 0 Å². The summed E-state index contributed by atoms with van der Waals surface area (Å²) in [5.41, 5.74) is 0. The average molecular weight is 279 g/mol. The monoisotopic (exact) mass is 279 g/mol. The summed E-state index contributed by atoms with van der Waals surface area (Å²) < 4.78 is 5.05. The van der Waals surface area contributed by atoms with E-state index in [-0.39, 0.29) is 12.1 Å². The van der Waals surface area contributed by atoms with Crippen molar-refractivity contribution in [2.45, 2.75) is 19.9 Å². The number of aromatic nitrogens is 3. The summed E-state index contributed by atoms with van der Waals surface area (Å²) >= 11 is 1.75. The second-order valence-electron chi connectivity index (χ2n) is 4.03. The highest BCUT2D eigenvalue weighted by Crippen LogP contribution is 2.25. The van der Waals surface area contributed by atoms with Gasteiger partial charge in [-0.3, -0.25) is 0 Å². The zero-order chi connectivity index (χ0) is 13.8. The summed E-state index contributed by atoms with van der Waals surface area (Å²) in [6, 6.07) is 4.63. The molecule has 2 heterocycles. The zero-order valence-corrected chi connectivity index (χ0v) is 12.2. The fourth-order valence-corrected chi connectivity index (χ4v) is 2.45. The molecule has 102 valence electrons. The van der Waals surface area contributed by atoms with Gasteiger partial charge < -0.3 is 15.4 Å². The first-order valence-electron chi connectivity index (χ1n) is 5.93. The third-order valence-corrected chi connectivity index (χ3v) is 3.74. The molecular formula is C12H17N5OS. The lowest BCUT2D eigenvalue weighted by Crippen LogP contribution is -2.11. The van der Waals surface area contributed by atoms with Gasteiger partial charge in [0.15, 0.2) is 0 Å². The minimum absolute atomic E-state index is 0.135. The van der Waals surface area contributed by atoms with Gasteiger partial charge in [0.2, 0.25) is 11.9 Å². The Bertz CT molecular complexity index is 535. The van der Waals surface area contributed by atoms with E-state index < -0.39 is 0 Å². The smallest absolute Gasteiger partial charge is 0.322 e. The van der Waals surface area contributed by atoms with Crippen LogP contribution < -0.4 is 15.4 Å². The zero-order valence-electron chi connectivity index (χ0n) is 11.4. The molecule has 2 aromatic rings. The van der Waals surface area contributed by atoms with Crippen molar-refractivity contribution in [1.29, 1.82) is 0 Å². The predicted molar refractivity (Wildman–Crippen MR) is 77.0 cm³/mol. The summed E-state index contributed by atoms with van der Waals surface area (Å²) in [4.78, 5) is 15.0. The lowest BCUT2D eigenvalue weighted by molar-refractivity contribution is 0.379. The van der Waals surface area contributed by atoms with Gasteiger partial charge >= 0.3 is 6.01 Å². The third kappa shape index (κ3) is 3.31. The van der Waals surface area contributed by atoms with Crippen LogP contribution in [0.5, 0.6) is 6.01 Å². The molecule has 7 heteroatoms. The van der Waals surface area contributed by atoms with E-state index in [1.54, 1.807) is 18.4 Å². The van der Waals surface area contributed by atoms with Crippen molar-refractivity contribution in [1.82, 2.24) is 15.0 Å². The molecule has 0 fully saturated rings. The lowest BCUT2D eigenvalue weighted by atomic mass is 10.3. The van der Waals surface area contributed by atoms with Gasteiger partial charge in [-0.15, -0.1) is 11.3 Å². The van der Waals surface area contributed by atoms with Gasteiger partial charge in [0, 0.05) is 16.8 Å². The molecule has 6 nitrogen and oxygen atoms in total. The van der Waals surface area contributed by atoms with Crippen LogP contribution in [0.3, 0.4) is 0 Å². The summed E-state index contributed by atoms with van der Waals surface area (Å²) in [5, 5.41) is 6.13. The van der Waals surface area contributed by atoms with Crippen molar-refractivity contribution >= 4 is 23.2 Å². The van der Waals surface area contributed by atoms with Crippen molar-refractivity contribution in [2.75, 3.05) is 24.8 Å². The van der Waals surface area contributed by atoms with Gasteiger partial charge in [-0.2, -0.15) is 15.0 Å². The number of rotatable bonds is 5. The number of hydrogen-bond acceptors (Lipinski definition) is 7. The highest BCUT2D eigenvalue weighted by atomic mass is 32.1. The molecule has 0 amide bonds. The van der Waals surface area contributed by atoms with Crippen molar-refractivity contribution in [3.8, 4) is 6.01 Å². The Morgan fingerprint density at radius 1 is 1.21 bits per heavy atom. The Labute approximate surface area is 116 Å². The molecule has 0 aliphatic carbocycles. The largest absolute Gasteiger partial charge is 0.467 e. The Balaban J connectivity index is 2.18. The quantitative estimate of drug-likeness (QED) is 0.876. The van der Waals surface area contributed by atoms with Crippen LogP contribution in [0.1, 0.15) is 22.7 Å². The Morgan fingerprint density at radius 2 is 1.95 bits per heavy atom. The van der Waals surface area contributed by atoms with Crippen molar-refractivity contribution in [2.24, 2.45) is 0 Å². The molecule has 0 aliphatic rings. The van der Waals surface area contributed by atoms with Gasteiger partial charge in [0.05, 0.1) is 13.2 Å². The predicted octanol–water partition coefficient (Wildman–Crippen LogP) is 2.46. The minimum atomic E-state index is 0.135. The van der Waals surface area contributed by atoms with E-state index in [1.807, 2.05) is 0 Å². The molecule has 0 radical (unpaired) electrons. The minimum Gasteiger partial charge on any atom is -0.467 e. The van der Waals surface area contributed by atoms with E-state index >= 15 is 0 Å². The van der Waals surface area contributed by atoms with Gasteiger partial charge in [-0.1, -0.05) is 0 Å². The molecule has 1 unspecified atom stereocenters. The molecule has 0 saturated heterocycles. The second-order valence-corrected chi connectivity index (χ2v) is 5.35. The molecule has 0 aromatic carbocycles. The molecule has 0 aliphatic heterocycles. The molecule has 0 saturated carbocycles. The van der Waals surface area contributed by atoms with E-state index in [9.17, 15) is 0 Å². The summed E-state index contributed by atoms with van der Waals surface area (Å²) in [6.45, 7) is 4.16. The molecule has 1 atom stereocenters. The average Bonchev–Trinajstić information content (AvgIpc) is 2.85. The van der Waals surface area contributed by atoms with Gasteiger partial charge in [-0.05, 0) is 26.0 Å². The number of hydrogen-bond donors (Lipinski definition) is 2. The summed E-state index contributed by atoms with van der Waals surface area (Å²) in [5.74, 6) is 0.971. The Morgan fingerprint density at radius 3 is 2.53 bits per heavy atom. The second kappa shape index (κ2) is 5.83. The van der Waals surface area contributed by atoms with Crippen LogP contribution >= 0.6 is 11.3 Å². The summed E-state index contributed by atoms with van der Waals surface area (Å²) in [6.07, 6.45) is 0. The number of thiophene rings is 1. The van der Waals surface area contributed by atoms with E-state index in [0.717, 1.165) is 0 Å². The molecular weight excluding hydrogens is 262 g/mol. The number of methoxy groups -OCH3 is 1. The van der Waals surface area contributed by atoms with Crippen LogP contribution in [0.2, 0.25) is 0 Å². The van der Waals surface area contributed by atoms with Crippen LogP contribution in [-0.4, -0.2) is 29.1 Å². The fraction of sp³-hybridized carbons (Fsp3) is 0.417. The first-order valence-corrected chi connectivity index (χ1v) is 6.74. The molecule has 0 spiro atoms. The first kappa shape index (κ1) is 13.5. The molecule has 2 N–H and O–H groups in total. The fourth-order valence-electron chi connectivity index (χ4n) is 1.58. The van der Waals surface area contributed by atoms with Crippen molar-refractivity contribution in [3.63, 3.8) is 0 Å². The van der Waals surface area contributed by atoms with E-state index in [1.165, 1.54) is 16.9 Å². The van der Waals surface area contributed by atoms with E-state index in [2.05, 4.69) is 51.6 Å². The first-order chi connectivity index (χ1) is 9.12. The van der Waals surface area contributed by atoms with Crippen LogP contribution in [0, 0.1) is 6.92 Å². The van der Waals surface area contributed by atoms with Crippen LogP contribution in [0.15, 0.2) is 12.1 Å². The normalized spacial score (nSPS) is 12.0. The number of nitrogens with zero attached hydrogens (tertiary/aromatic N) is 3. The Hall–Kier alpha value is -1.89. The summed E-state index contributed by atoms with van der Waals surface area (Å²) in [7, 11) is 3.29. The maximum absolute atomic E-state index is 5.05. The third-order valence-electron chi connectivity index (χ3n) is 2.55. The highest BCUT2D eigenvalue weighted by Gasteiger charge is 2.11. The van der Waals surface area contributed by atoms with E-state index in [0.29, 0.717) is 11.9 Å². The maximum Gasteiger partial charge on any atom is 0.322 e. The molecule has 2 rings (SSSR count). The molecule has 19 heavy (non-hydrogen) atoms. The standard InChI is InChI=1S/C12H17N5OS/c1-7-5-6-9(19-7)8(2)14-11-15-10(13-3)16-12(17-11)18-4/h5-6,8H,1-4H3,(H2,13,14,15,16,17). The Kier molecular flexibility index (Phi) is 4.16. The number of anilines is 2. The lowest BCUT2D eigenvalue weighted by Gasteiger charge is -2.13. The van der Waals surface area contributed by atoms with Crippen molar-refractivity contribution in [3.05, 3.63) is 21.9 Å². The maximum atomic E-state index is 5.05. The van der Waals surface area contributed by atoms with Crippen molar-refractivity contribution < 1.29 is 4.74 Å². The van der Waals surface area contributed by atoms with Crippen LogP contribution in [0.4, 0.5) is 11.9 Å². The SMILES string of the molecule is CNc1nc(NC(C)c2ccc(C)s2)nc(OC)n1. The highest BCUT2D eigenvalue weighted by molar-refractivity contribution is 7.12. The van der Waals surface area contributed by atoms with Gasteiger partial charge in [-0.25, -0.2) is 0 Å². The molecule has 2 aromatic heterocycles. The number of ether oxygens (including phenoxy) is 1.